The molecular weight excluding hydrogens is 607 g/mol. The quantitative estimate of drug-likeness (QED) is 0.343. The third kappa shape index (κ3) is 5.34. The molecule has 0 heterocycles. The molecule has 0 spiro atoms. The number of allylic oxidation sites excluding steroid dienone is 6. The smallest absolute Gasteiger partial charge is 1.00 e. The average Bonchev–Trinajstić information content (AvgIpc) is 3.65. The summed E-state index contributed by atoms with van der Waals surface area (Å²) in [4.78, 5) is 0. The Morgan fingerprint density at radius 1 is 0.825 bits per heavy atom. The van der Waals surface area contributed by atoms with Crippen LogP contribution in [-0.2, 0) is 38.5 Å². The monoisotopic (exact) mass is 648 g/mol. The molecule has 0 aromatic heterocycles. The van der Waals surface area contributed by atoms with Gasteiger partial charge in [-0.2, -0.15) is 0 Å². The summed E-state index contributed by atoms with van der Waals surface area (Å²) in [7, 11) is 0. The van der Waals surface area contributed by atoms with Crippen LogP contribution in [0.4, 0.5) is 0 Å². The van der Waals surface area contributed by atoms with Crippen molar-refractivity contribution >= 4 is 15.4 Å². The number of hydrogen-bond acceptors (Lipinski definition) is 0. The summed E-state index contributed by atoms with van der Waals surface area (Å²) < 4.78 is 5.61. The van der Waals surface area contributed by atoms with Gasteiger partial charge in [-0.3, -0.25) is 0 Å². The third-order valence-electron chi connectivity index (χ3n) is 9.62. The molecule has 0 saturated carbocycles. The van der Waals surface area contributed by atoms with Crippen LogP contribution in [0.5, 0.6) is 0 Å². The summed E-state index contributed by atoms with van der Waals surface area (Å²) in [6.07, 6.45) is 24.9. The van der Waals surface area contributed by atoms with Crippen molar-refractivity contribution < 1.29 is 46.1 Å². The Hall–Kier alpha value is -1.27. The minimum absolute atomic E-state index is 0. The van der Waals surface area contributed by atoms with Crippen LogP contribution < -0.4 is 24.8 Å². The molecule has 0 N–H and O–H groups in total. The summed E-state index contributed by atoms with van der Waals surface area (Å²) in [6, 6.07) is 10.2. The zero-order valence-corrected chi connectivity index (χ0v) is 29.2. The van der Waals surface area contributed by atoms with Gasteiger partial charge >= 0.3 is 240 Å². The molecule has 6 rings (SSSR count). The van der Waals surface area contributed by atoms with E-state index >= 15 is 0 Å². The molecule has 0 fully saturated rings. The molecule has 3 heteroatoms. The molecule has 210 valence electrons. The van der Waals surface area contributed by atoms with Crippen molar-refractivity contribution in [3.05, 3.63) is 88.5 Å². The molecule has 0 radical (unpaired) electrons. The van der Waals surface area contributed by atoms with Crippen LogP contribution in [0.1, 0.15) is 120 Å². The van der Waals surface area contributed by atoms with Gasteiger partial charge in [0.25, 0.3) is 0 Å². The Bertz CT molecular complexity index is 1470. The van der Waals surface area contributed by atoms with Gasteiger partial charge < -0.3 is 24.8 Å². The van der Waals surface area contributed by atoms with Gasteiger partial charge in [-0.15, -0.1) is 0 Å². The number of benzene rings is 2. The Morgan fingerprint density at radius 2 is 1.45 bits per heavy atom. The van der Waals surface area contributed by atoms with Gasteiger partial charge in [-0.1, -0.05) is 0 Å². The molecule has 0 aliphatic heterocycles. The minimum atomic E-state index is -2.15. The summed E-state index contributed by atoms with van der Waals surface area (Å²) in [5.41, 5.74) is 12.3. The van der Waals surface area contributed by atoms with E-state index < -0.39 is 21.3 Å². The van der Waals surface area contributed by atoms with Gasteiger partial charge in [-0.25, -0.2) is 0 Å². The van der Waals surface area contributed by atoms with E-state index in [1.165, 1.54) is 78.3 Å². The van der Waals surface area contributed by atoms with E-state index in [9.17, 15) is 0 Å². The third-order valence-corrected chi connectivity index (χ3v) is 18.3. The van der Waals surface area contributed by atoms with Crippen LogP contribution in [0.15, 0.2) is 55.1 Å². The molecule has 0 amide bonds. The molecule has 2 aromatic rings. The summed E-state index contributed by atoms with van der Waals surface area (Å²) in [5.74, 6) is 0. The van der Waals surface area contributed by atoms with Crippen molar-refractivity contribution in [1.82, 2.24) is 0 Å². The van der Waals surface area contributed by atoms with Crippen LogP contribution in [0.3, 0.4) is 0 Å². The van der Waals surface area contributed by atoms with Crippen LogP contribution in [0.25, 0.3) is 23.3 Å². The van der Waals surface area contributed by atoms with Crippen molar-refractivity contribution in [2.75, 3.05) is 0 Å². The molecule has 2 aromatic carbocycles. The number of rotatable bonds is 8. The molecule has 40 heavy (non-hydrogen) atoms. The Morgan fingerprint density at radius 3 is 2.05 bits per heavy atom. The Kier molecular flexibility index (Phi) is 9.62. The Balaban J connectivity index is 0.00000185. The topological polar surface area (TPSA) is 0 Å². The Labute approximate surface area is 263 Å². The predicted molar refractivity (Wildman–Crippen MR) is 164 cm³/mol. The molecule has 0 unspecified atom stereocenters. The predicted octanol–water partition coefficient (Wildman–Crippen LogP) is 4.22. The standard InChI is InChI=1S/C23H21.C9H18.C5H5.2ClH.Zr/c1-22(2)7-5-14-10-18-16(12-20(14)22)9-17-13-21-15(11-19(17)18)6-8-23(21,3)4;1-3-5-7-9-8-6-4-2;1-2-4-5-3-1;;;/h5-7,10-13H,9H2,1-4H3;3-8H2,1-2H3;1-3H,4H2;2*1H;/q;;;;;+2/p-2. The van der Waals surface area contributed by atoms with Gasteiger partial charge in [0, 0.05) is 0 Å². The molecule has 4 aliphatic rings. The van der Waals surface area contributed by atoms with E-state index in [2.05, 4.69) is 102 Å². The van der Waals surface area contributed by atoms with E-state index in [0.29, 0.717) is 0 Å². The molecule has 0 bridgehead atoms. The van der Waals surface area contributed by atoms with Crippen LogP contribution >= 0.6 is 0 Å². The van der Waals surface area contributed by atoms with Crippen LogP contribution in [0.2, 0.25) is 0 Å². The molecule has 0 saturated heterocycles. The van der Waals surface area contributed by atoms with Gasteiger partial charge in [0.1, 0.15) is 0 Å². The van der Waals surface area contributed by atoms with Crippen molar-refractivity contribution in [3.8, 4) is 11.1 Å². The van der Waals surface area contributed by atoms with Gasteiger partial charge in [-0.05, 0) is 0 Å². The first-order valence-electron chi connectivity index (χ1n) is 15.1. The maximum atomic E-state index is 2.69. The van der Waals surface area contributed by atoms with Crippen LogP contribution in [-0.4, -0.2) is 3.21 Å². The van der Waals surface area contributed by atoms with Crippen LogP contribution in [0, 0.1) is 0 Å². The zero-order chi connectivity index (χ0) is 26.7. The second-order valence-electron chi connectivity index (χ2n) is 13.1. The molecular formula is C37H44Cl2Zr. The molecule has 4 aliphatic carbocycles. The summed E-state index contributed by atoms with van der Waals surface area (Å²) >= 11 is -2.15. The molecule has 0 nitrogen and oxygen atoms in total. The van der Waals surface area contributed by atoms with Gasteiger partial charge in [0.2, 0.25) is 0 Å². The first-order chi connectivity index (χ1) is 18.2. The van der Waals surface area contributed by atoms with Crippen molar-refractivity contribution in [2.24, 2.45) is 0 Å². The first-order valence-corrected chi connectivity index (χ1v) is 18.8. The van der Waals surface area contributed by atoms with Crippen molar-refractivity contribution in [3.63, 3.8) is 0 Å². The van der Waals surface area contributed by atoms with E-state index in [4.69, 9.17) is 0 Å². The second kappa shape index (κ2) is 12.2. The van der Waals surface area contributed by atoms with Gasteiger partial charge in [0.15, 0.2) is 0 Å². The minimum Gasteiger partial charge on any atom is -1.00 e. The molecule has 0 atom stereocenters. The number of unbranched alkanes of at least 4 members (excludes halogenated alkanes) is 2. The van der Waals surface area contributed by atoms with E-state index in [-0.39, 0.29) is 35.6 Å². The number of fused-ring (bicyclic) bond motifs is 5. The maximum absolute atomic E-state index is 2.69. The van der Waals surface area contributed by atoms with E-state index in [0.717, 1.165) is 6.42 Å². The first kappa shape index (κ1) is 31.7. The average molecular weight is 651 g/mol. The maximum Gasteiger partial charge on any atom is -1.00 e. The number of hydrogen-bond donors (Lipinski definition) is 0. The summed E-state index contributed by atoms with van der Waals surface area (Å²) in [5, 5.41) is 0. The largest absolute Gasteiger partial charge is 1.00 e. The zero-order valence-electron chi connectivity index (χ0n) is 25.2. The van der Waals surface area contributed by atoms with E-state index in [1.807, 2.05) is 9.77 Å². The van der Waals surface area contributed by atoms with Crippen molar-refractivity contribution in [2.45, 2.75) is 104 Å². The fourth-order valence-corrected chi connectivity index (χ4v) is 16.4. The fourth-order valence-electron chi connectivity index (χ4n) is 7.31. The summed E-state index contributed by atoms with van der Waals surface area (Å²) in [6.45, 7) is 14.5. The fraction of sp³-hybridized carbons (Fsp3) is 0.432. The second-order valence-corrected chi connectivity index (χ2v) is 19.6. The van der Waals surface area contributed by atoms with Gasteiger partial charge in [0.05, 0.1) is 0 Å². The normalized spacial score (nSPS) is 17.5. The SMILES string of the molecule is CCCC[C](CCCC)=[Zr+2]([C]1=CC=CC1)[C]1=Cc2cc3c(cc2C1(C)C)Cc1cc2c(cc1-3)C=CC2(C)C.[Cl-].[Cl-]. The van der Waals surface area contributed by atoms with Crippen molar-refractivity contribution in [1.29, 1.82) is 0 Å². The number of halogens is 2. The van der Waals surface area contributed by atoms with E-state index in [1.54, 1.807) is 11.1 Å².